The second-order valence-corrected chi connectivity index (χ2v) is 4.91. The Morgan fingerprint density at radius 3 is 2.70 bits per heavy atom. The summed E-state index contributed by atoms with van der Waals surface area (Å²) in [6.07, 6.45) is 2.06. The average Bonchev–Trinajstić information content (AvgIpc) is 2.43. The van der Waals surface area contributed by atoms with Crippen LogP contribution in [0.25, 0.3) is 0 Å². The molecule has 20 heavy (non-hydrogen) atoms. The third kappa shape index (κ3) is 4.83. The molecule has 108 valence electrons. The predicted octanol–water partition coefficient (Wildman–Crippen LogP) is 2.36. The Bertz CT molecular complexity index is 532. The number of hydrogen-bond donors (Lipinski definition) is 2. The number of carbonyl (C=O) groups is 2. The molecule has 0 aliphatic heterocycles. The summed E-state index contributed by atoms with van der Waals surface area (Å²) in [6.45, 7) is 3.71. The lowest BCUT2D eigenvalue weighted by molar-refractivity contribution is -0.139. The summed E-state index contributed by atoms with van der Waals surface area (Å²) >= 11 is 11.8. The molecule has 1 aromatic carbocycles. The minimum absolute atomic E-state index is 0.0698. The molecule has 1 aromatic rings. The van der Waals surface area contributed by atoms with Gasteiger partial charge < -0.3 is 5.32 Å². The monoisotopic (exact) mass is 315 g/mol. The number of rotatable bonds is 4. The fourth-order valence-electron chi connectivity index (χ4n) is 1.22. The van der Waals surface area contributed by atoms with Gasteiger partial charge in [-0.05, 0) is 19.4 Å². The van der Waals surface area contributed by atoms with Crippen LogP contribution in [0.15, 0.2) is 23.3 Å². The van der Waals surface area contributed by atoms with E-state index in [4.69, 9.17) is 23.2 Å². The number of amides is 2. The molecule has 2 N–H and O–H groups in total. The van der Waals surface area contributed by atoms with Crippen molar-refractivity contribution in [2.75, 3.05) is 0 Å². The standard InChI is InChI=1S/C13H15Cl2N3O2/c1-3-8(2)17-12(19)13(20)18-16-7-9-5-4-6-10(14)11(9)15/h4-8H,3H2,1-2H3,(H,17,19)(H,18,20)/b16-7-/t8-/m0/s1. The highest BCUT2D eigenvalue weighted by atomic mass is 35.5. The van der Waals surface area contributed by atoms with Gasteiger partial charge in [0.2, 0.25) is 0 Å². The maximum absolute atomic E-state index is 11.4. The summed E-state index contributed by atoms with van der Waals surface area (Å²) in [7, 11) is 0. The van der Waals surface area contributed by atoms with Crippen LogP contribution < -0.4 is 10.7 Å². The zero-order valence-corrected chi connectivity index (χ0v) is 12.6. The van der Waals surface area contributed by atoms with Gasteiger partial charge in [0, 0.05) is 11.6 Å². The van der Waals surface area contributed by atoms with Crippen molar-refractivity contribution in [3.8, 4) is 0 Å². The SMILES string of the molecule is CC[C@H](C)NC(=O)C(=O)N/N=C\c1cccc(Cl)c1Cl. The largest absolute Gasteiger partial charge is 0.345 e. The van der Waals surface area contributed by atoms with Gasteiger partial charge in [-0.15, -0.1) is 0 Å². The van der Waals surface area contributed by atoms with Gasteiger partial charge in [0.05, 0.1) is 16.3 Å². The van der Waals surface area contributed by atoms with Crippen LogP contribution in [0.4, 0.5) is 0 Å². The van der Waals surface area contributed by atoms with Crippen LogP contribution in [0.2, 0.25) is 10.0 Å². The first-order valence-corrected chi connectivity index (χ1v) is 6.79. The molecule has 1 atom stereocenters. The summed E-state index contributed by atoms with van der Waals surface area (Å²) < 4.78 is 0. The van der Waals surface area contributed by atoms with E-state index >= 15 is 0 Å². The molecule has 0 fully saturated rings. The Hall–Kier alpha value is -1.59. The highest BCUT2D eigenvalue weighted by molar-refractivity contribution is 6.43. The molecular weight excluding hydrogens is 301 g/mol. The summed E-state index contributed by atoms with van der Waals surface area (Å²) in [5.74, 6) is -1.56. The lowest BCUT2D eigenvalue weighted by atomic mass is 10.2. The zero-order chi connectivity index (χ0) is 15.1. The van der Waals surface area contributed by atoms with E-state index in [1.54, 1.807) is 25.1 Å². The molecule has 0 saturated carbocycles. The summed E-state index contributed by atoms with van der Waals surface area (Å²) in [4.78, 5) is 22.9. The second kappa shape index (κ2) is 7.87. The normalized spacial score (nSPS) is 12.2. The van der Waals surface area contributed by atoms with Crippen molar-refractivity contribution >= 4 is 41.2 Å². The minimum Gasteiger partial charge on any atom is -0.345 e. The minimum atomic E-state index is -0.834. The first-order valence-electron chi connectivity index (χ1n) is 6.03. The highest BCUT2D eigenvalue weighted by Crippen LogP contribution is 2.23. The number of halogens is 2. The average molecular weight is 316 g/mol. The van der Waals surface area contributed by atoms with E-state index in [1.165, 1.54) is 6.21 Å². The van der Waals surface area contributed by atoms with Crippen LogP contribution in [0, 0.1) is 0 Å². The quantitative estimate of drug-likeness (QED) is 0.508. The molecule has 0 aliphatic rings. The van der Waals surface area contributed by atoms with Crippen molar-refractivity contribution in [3.63, 3.8) is 0 Å². The molecule has 0 aliphatic carbocycles. The number of nitrogens with zero attached hydrogens (tertiary/aromatic N) is 1. The van der Waals surface area contributed by atoms with Crippen LogP contribution in [-0.2, 0) is 9.59 Å². The molecular formula is C13H15Cl2N3O2. The summed E-state index contributed by atoms with van der Waals surface area (Å²) in [5, 5.41) is 6.91. The Morgan fingerprint density at radius 2 is 2.05 bits per heavy atom. The van der Waals surface area contributed by atoms with E-state index in [-0.39, 0.29) is 6.04 Å². The van der Waals surface area contributed by atoms with Gasteiger partial charge in [-0.1, -0.05) is 42.3 Å². The molecule has 0 unspecified atom stereocenters. The molecule has 1 rings (SSSR count). The molecule has 2 amide bonds. The Balaban J connectivity index is 2.58. The topological polar surface area (TPSA) is 70.6 Å². The third-order valence-corrected chi connectivity index (χ3v) is 3.38. The lowest BCUT2D eigenvalue weighted by Crippen LogP contribution is -2.41. The number of carbonyl (C=O) groups excluding carboxylic acids is 2. The Labute approximate surface area is 127 Å². The fraction of sp³-hybridized carbons (Fsp3) is 0.308. The van der Waals surface area contributed by atoms with E-state index in [9.17, 15) is 9.59 Å². The van der Waals surface area contributed by atoms with Gasteiger partial charge in [0.15, 0.2) is 0 Å². The molecule has 0 spiro atoms. The van der Waals surface area contributed by atoms with Gasteiger partial charge in [0.25, 0.3) is 0 Å². The van der Waals surface area contributed by atoms with Crippen LogP contribution in [0.3, 0.4) is 0 Å². The molecule has 0 heterocycles. The number of benzene rings is 1. The highest BCUT2D eigenvalue weighted by Gasteiger charge is 2.14. The van der Waals surface area contributed by atoms with Crippen molar-refractivity contribution in [1.29, 1.82) is 0 Å². The maximum atomic E-state index is 11.4. The van der Waals surface area contributed by atoms with E-state index in [0.717, 1.165) is 6.42 Å². The van der Waals surface area contributed by atoms with E-state index in [2.05, 4.69) is 15.8 Å². The number of hydrogen-bond acceptors (Lipinski definition) is 3. The first kappa shape index (κ1) is 16.5. The van der Waals surface area contributed by atoms with Crippen molar-refractivity contribution in [1.82, 2.24) is 10.7 Å². The molecule has 7 heteroatoms. The van der Waals surface area contributed by atoms with Crippen LogP contribution >= 0.6 is 23.2 Å². The second-order valence-electron chi connectivity index (χ2n) is 4.12. The molecule has 0 bridgehead atoms. The number of nitrogens with one attached hydrogen (secondary N) is 2. The van der Waals surface area contributed by atoms with Crippen molar-refractivity contribution in [2.24, 2.45) is 5.10 Å². The van der Waals surface area contributed by atoms with Gasteiger partial charge in [-0.25, -0.2) is 5.43 Å². The number of hydrazone groups is 1. The van der Waals surface area contributed by atoms with Crippen LogP contribution in [0.5, 0.6) is 0 Å². The van der Waals surface area contributed by atoms with Crippen molar-refractivity contribution in [3.05, 3.63) is 33.8 Å². The van der Waals surface area contributed by atoms with Crippen molar-refractivity contribution in [2.45, 2.75) is 26.3 Å². The van der Waals surface area contributed by atoms with Gasteiger partial charge in [0.1, 0.15) is 0 Å². The molecule has 5 nitrogen and oxygen atoms in total. The van der Waals surface area contributed by atoms with E-state index in [1.807, 2.05) is 6.92 Å². The first-order chi connectivity index (χ1) is 9.45. The van der Waals surface area contributed by atoms with Gasteiger partial charge in [-0.2, -0.15) is 5.10 Å². The Kier molecular flexibility index (Phi) is 6.48. The maximum Gasteiger partial charge on any atom is 0.329 e. The van der Waals surface area contributed by atoms with Crippen molar-refractivity contribution < 1.29 is 9.59 Å². The van der Waals surface area contributed by atoms with E-state index < -0.39 is 11.8 Å². The van der Waals surface area contributed by atoms with E-state index in [0.29, 0.717) is 15.6 Å². The van der Waals surface area contributed by atoms with Crippen LogP contribution in [0.1, 0.15) is 25.8 Å². The zero-order valence-electron chi connectivity index (χ0n) is 11.1. The fourth-order valence-corrected chi connectivity index (χ4v) is 1.58. The third-order valence-electron chi connectivity index (χ3n) is 2.55. The Morgan fingerprint density at radius 1 is 1.35 bits per heavy atom. The molecule has 0 saturated heterocycles. The van der Waals surface area contributed by atoms with Gasteiger partial charge >= 0.3 is 11.8 Å². The van der Waals surface area contributed by atoms with Gasteiger partial charge in [-0.3, -0.25) is 9.59 Å². The molecule has 0 aromatic heterocycles. The molecule has 0 radical (unpaired) electrons. The smallest absolute Gasteiger partial charge is 0.329 e. The summed E-state index contributed by atoms with van der Waals surface area (Å²) in [6, 6.07) is 4.95. The summed E-state index contributed by atoms with van der Waals surface area (Å²) in [5.41, 5.74) is 2.67. The van der Waals surface area contributed by atoms with Crippen LogP contribution in [-0.4, -0.2) is 24.1 Å². The lowest BCUT2D eigenvalue weighted by Gasteiger charge is -2.09. The predicted molar refractivity (Wildman–Crippen MR) is 80.1 cm³/mol.